The van der Waals surface area contributed by atoms with Gasteiger partial charge in [0.1, 0.15) is 5.75 Å². The van der Waals surface area contributed by atoms with Crippen molar-refractivity contribution in [1.29, 1.82) is 0 Å². The largest absolute Gasteiger partial charge is 0.493 e. The van der Waals surface area contributed by atoms with Crippen LogP contribution in [0, 0.1) is 5.92 Å². The van der Waals surface area contributed by atoms with Crippen molar-refractivity contribution in [2.75, 3.05) is 13.2 Å². The smallest absolute Gasteiger partial charge is 0.122 e. The van der Waals surface area contributed by atoms with Crippen LogP contribution in [0.5, 0.6) is 5.75 Å². The van der Waals surface area contributed by atoms with Crippen LogP contribution in [0.15, 0.2) is 24.3 Å². The van der Waals surface area contributed by atoms with Gasteiger partial charge in [-0.3, -0.25) is 0 Å². The Kier molecular flexibility index (Phi) is 5.94. The molecule has 0 fully saturated rings. The molecular formula is C14H23NO. The summed E-state index contributed by atoms with van der Waals surface area (Å²) in [5.41, 5.74) is 6.80. The fourth-order valence-electron chi connectivity index (χ4n) is 1.55. The van der Waals surface area contributed by atoms with Crippen LogP contribution in [0.1, 0.15) is 32.3 Å². The molecule has 90 valence electrons. The van der Waals surface area contributed by atoms with Crippen molar-refractivity contribution in [3.8, 4) is 5.75 Å². The number of hydrogen-bond acceptors (Lipinski definition) is 2. The quantitative estimate of drug-likeness (QED) is 0.768. The summed E-state index contributed by atoms with van der Waals surface area (Å²) in [6.07, 6.45) is 3.13. The average Bonchev–Trinajstić information content (AvgIpc) is 2.27. The highest BCUT2D eigenvalue weighted by atomic mass is 16.5. The molecular weight excluding hydrogens is 198 g/mol. The van der Waals surface area contributed by atoms with E-state index < -0.39 is 0 Å². The maximum absolute atomic E-state index is 5.80. The zero-order valence-electron chi connectivity index (χ0n) is 10.4. The average molecular weight is 221 g/mol. The zero-order chi connectivity index (χ0) is 11.8. The summed E-state index contributed by atoms with van der Waals surface area (Å²) in [6.45, 7) is 5.96. The van der Waals surface area contributed by atoms with Crippen LogP contribution in [-0.4, -0.2) is 13.2 Å². The van der Waals surface area contributed by atoms with Crippen LogP contribution in [0.3, 0.4) is 0 Å². The monoisotopic (exact) mass is 221 g/mol. The van der Waals surface area contributed by atoms with E-state index in [9.17, 15) is 0 Å². The highest BCUT2D eigenvalue weighted by molar-refractivity contribution is 5.33. The fraction of sp³-hybridized carbons (Fsp3) is 0.571. The Balaban J connectivity index is 2.49. The third kappa shape index (κ3) is 4.67. The number of rotatable bonds is 7. The van der Waals surface area contributed by atoms with Crippen molar-refractivity contribution in [3.63, 3.8) is 0 Å². The molecule has 0 heterocycles. The Hall–Kier alpha value is -1.02. The third-order valence-electron chi connectivity index (χ3n) is 2.58. The molecule has 0 atom stereocenters. The van der Waals surface area contributed by atoms with Gasteiger partial charge in [-0.15, -0.1) is 0 Å². The van der Waals surface area contributed by atoms with E-state index in [0.29, 0.717) is 5.92 Å². The summed E-state index contributed by atoms with van der Waals surface area (Å²) in [4.78, 5) is 0. The van der Waals surface area contributed by atoms with Crippen molar-refractivity contribution >= 4 is 0 Å². The molecule has 0 aliphatic heterocycles. The lowest BCUT2D eigenvalue weighted by molar-refractivity contribution is 0.286. The normalized spacial score (nSPS) is 10.8. The second-order valence-corrected chi connectivity index (χ2v) is 4.53. The molecule has 0 unspecified atom stereocenters. The number of ether oxygens (including phenoxy) is 1. The van der Waals surface area contributed by atoms with Crippen molar-refractivity contribution in [1.82, 2.24) is 0 Å². The van der Waals surface area contributed by atoms with Gasteiger partial charge < -0.3 is 10.5 Å². The molecule has 0 spiro atoms. The summed E-state index contributed by atoms with van der Waals surface area (Å²) in [7, 11) is 0. The van der Waals surface area contributed by atoms with Crippen molar-refractivity contribution in [2.45, 2.75) is 33.1 Å². The Morgan fingerprint density at radius 3 is 2.69 bits per heavy atom. The third-order valence-corrected chi connectivity index (χ3v) is 2.58. The molecule has 0 amide bonds. The van der Waals surface area contributed by atoms with Gasteiger partial charge >= 0.3 is 0 Å². The summed E-state index contributed by atoms with van der Waals surface area (Å²) >= 11 is 0. The van der Waals surface area contributed by atoms with Crippen LogP contribution >= 0.6 is 0 Å². The van der Waals surface area contributed by atoms with Crippen LogP contribution in [0.2, 0.25) is 0 Å². The van der Waals surface area contributed by atoms with Gasteiger partial charge in [-0.25, -0.2) is 0 Å². The lowest BCUT2D eigenvalue weighted by atomic mass is 10.1. The molecule has 0 saturated heterocycles. The first kappa shape index (κ1) is 13.0. The van der Waals surface area contributed by atoms with Crippen molar-refractivity contribution in [3.05, 3.63) is 29.8 Å². The zero-order valence-corrected chi connectivity index (χ0v) is 10.4. The molecule has 1 aromatic rings. The minimum atomic E-state index is 0.691. The topological polar surface area (TPSA) is 35.2 Å². The van der Waals surface area contributed by atoms with E-state index in [-0.39, 0.29) is 0 Å². The van der Waals surface area contributed by atoms with E-state index in [0.717, 1.165) is 38.2 Å². The van der Waals surface area contributed by atoms with Crippen LogP contribution in [-0.2, 0) is 6.42 Å². The summed E-state index contributed by atoms with van der Waals surface area (Å²) in [5.74, 6) is 1.72. The van der Waals surface area contributed by atoms with Gasteiger partial charge in [0.05, 0.1) is 6.61 Å². The first-order valence-corrected chi connectivity index (χ1v) is 6.14. The number of benzene rings is 1. The second kappa shape index (κ2) is 7.29. The Bertz CT molecular complexity index is 297. The van der Waals surface area contributed by atoms with E-state index in [1.54, 1.807) is 0 Å². The molecule has 1 rings (SSSR count). The molecule has 0 aliphatic rings. The van der Waals surface area contributed by atoms with Crippen molar-refractivity contribution in [2.24, 2.45) is 11.7 Å². The summed E-state index contributed by atoms with van der Waals surface area (Å²) in [5, 5.41) is 0. The molecule has 0 radical (unpaired) electrons. The molecule has 2 heteroatoms. The molecule has 1 aromatic carbocycles. The van der Waals surface area contributed by atoms with Gasteiger partial charge in [-0.2, -0.15) is 0 Å². The number of hydrogen-bond donors (Lipinski definition) is 1. The predicted molar refractivity (Wildman–Crippen MR) is 68.8 cm³/mol. The van der Waals surface area contributed by atoms with E-state index in [4.69, 9.17) is 10.5 Å². The van der Waals surface area contributed by atoms with Crippen LogP contribution < -0.4 is 10.5 Å². The van der Waals surface area contributed by atoms with Crippen LogP contribution in [0.25, 0.3) is 0 Å². The lowest BCUT2D eigenvalue weighted by Gasteiger charge is -2.12. The number of para-hydroxylation sites is 1. The minimum absolute atomic E-state index is 0.691. The van der Waals surface area contributed by atoms with Crippen molar-refractivity contribution < 1.29 is 4.74 Å². The first-order chi connectivity index (χ1) is 7.74. The lowest BCUT2D eigenvalue weighted by Crippen LogP contribution is -2.05. The van der Waals surface area contributed by atoms with Gasteiger partial charge in [-0.05, 0) is 43.4 Å². The highest BCUT2D eigenvalue weighted by Gasteiger charge is 2.02. The molecule has 2 N–H and O–H groups in total. The standard InChI is InChI=1S/C14H23NO/c1-12(2)9-11-16-14-8-4-3-6-13(14)7-5-10-15/h3-4,6,8,12H,5,7,9-11,15H2,1-2H3. The van der Waals surface area contributed by atoms with E-state index in [2.05, 4.69) is 26.0 Å². The van der Waals surface area contributed by atoms with Gasteiger partial charge in [-0.1, -0.05) is 32.0 Å². The van der Waals surface area contributed by atoms with Gasteiger partial charge in [0.15, 0.2) is 0 Å². The maximum Gasteiger partial charge on any atom is 0.122 e. The highest BCUT2D eigenvalue weighted by Crippen LogP contribution is 2.19. The Morgan fingerprint density at radius 2 is 2.00 bits per heavy atom. The molecule has 0 aromatic heterocycles. The van der Waals surface area contributed by atoms with E-state index >= 15 is 0 Å². The molecule has 2 nitrogen and oxygen atoms in total. The predicted octanol–water partition coefficient (Wildman–Crippen LogP) is 3.00. The second-order valence-electron chi connectivity index (χ2n) is 4.53. The minimum Gasteiger partial charge on any atom is -0.493 e. The summed E-state index contributed by atoms with van der Waals surface area (Å²) in [6, 6.07) is 8.25. The summed E-state index contributed by atoms with van der Waals surface area (Å²) < 4.78 is 5.80. The molecule has 0 saturated carbocycles. The van der Waals surface area contributed by atoms with E-state index in [1.807, 2.05) is 12.1 Å². The molecule has 0 aliphatic carbocycles. The SMILES string of the molecule is CC(C)CCOc1ccccc1CCCN. The van der Waals surface area contributed by atoms with E-state index in [1.165, 1.54) is 5.56 Å². The first-order valence-electron chi connectivity index (χ1n) is 6.14. The van der Waals surface area contributed by atoms with Gasteiger partial charge in [0.2, 0.25) is 0 Å². The Morgan fingerprint density at radius 1 is 1.25 bits per heavy atom. The number of nitrogens with two attached hydrogens (primary N) is 1. The van der Waals surface area contributed by atoms with Gasteiger partial charge in [0.25, 0.3) is 0 Å². The Labute approximate surface area is 98.8 Å². The van der Waals surface area contributed by atoms with Gasteiger partial charge in [0, 0.05) is 0 Å². The molecule has 16 heavy (non-hydrogen) atoms. The van der Waals surface area contributed by atoms with Crippen LogP contribution in [0.4, 0.5) is 0 Å². The fourth-order valence-corrected chi connectivity index (χ4v) is 1.55. The maximum atomic E-state index is 5.80. The molecule has 0 bridgehead atoms. The number of aryl methyl sites for hydroxylation is 1.